The van der Waals surface area contributed by atoms with Gasteiger partial charge in [-0.15, -0.1) is 0 Å². The van der Waals surface area contributed by atoms with Crippen molar-refractivity contribution in [1.82, 2.24) is 25.3 Å². The minimum atomic E-state index is -1.25. The molecule has 1 aliphatic rings. The zero-order valence-electron chi connectivity index (χ0n) is 19.2. The number of carbonyl (C=O) groups is 1. The van der Waals surface area contributed by atoms with E-state index in [-0.39, 0.29) is 5.91 Å². The number of aromatic amines is 1. The fourth-order valence-corrected chi connectivity index (χ4v) is 4.72. The number of hydrogen-bond donors (Lipinski definition) is 5. The summed E-state index contributed by atoms with van der Waals surface area (Å²) in [5.74, 6) is 0.518. The van der Waals surface area contributed by atoms with Crippen LogP contribution >= 0.6 is 0 Å². The number of nitrogens with zero attached hydrogens (tertiary/aromatic N) is 3. The van der Waals surface area contributed by atoms with Crippen molar-refractivity contribution >= 4 is 22.8 Å². The van der Waals surface area contributed by atoms with Gasteiger partial charge >= 0.3 is 0 Å². The van der Waals surface area contributed by atoms with Gasteiger partial charge in [-0.25, -0.2) is 9.97 Å². The number of hydrogen-bond acceptors (Lipinski definition) is 7. The molecule has 1 saturated heterocycles. The molecule has 1 fully saturated rings. The lowest BCUT2D eigenvalue weighted by molar-refractivity contribution is -0.132. The highest BCUT2D eigenvalue weighted by atomic mass is 16.5. The molecule has 9 nitrogen and oxygen atoms in total. The fourth-order valence-electron chi connectivity index (χ4n) is 4.72. The average molecular weight is 473 g/mol. The molecule has 0 spiro atoms. The van der Waals surface area contributed by atoms with Crippen LogP contribution < -0.4 is 10.8 Å². The topological polar surface area (TPSA) is 126 Å². The standard InChI is InChI=1S/C26H28N6O3/c33-23(15-21-14-18-6-4-5-9-22(18)29-21)32-12-10-26(11-13-32,20-7-2-1-3-8-20)30-25-27-16-19(17-28-25)24(34)31-35/h1-9,14,16-17,24,29,31,34-35H,10-13,15H2,(H,27,28,30). The first-order chi connectivity index (χ1) is 17.1. The number of aliphatic hydroxyl groups is 1. The van der Waals surface area contributed by atoms with E-state index < -0.39 is 11.8 Å². The molecule has 9 heteroatoms. The van der Waals surface area contributed by atoms with Crippen LogP contribution in [-0.2, 0) is 16.8 Å². The summed E-state index contributed by atoms with van der Waals surface area (Å²) in [5, 5.41) is 23.2. The number of aromatic nitrogens is 3. The van der Waals surface area contributed by atoms with Gasteiger partial charge in [0.15, 0.2) is 6.23 Å². The number of H-pyrrole nitrogens is 1. The quantitative estimate of drug-likeness (QED) is 0.207. The Kier molecular flexibility index (Phi) is 6.45. The second-order valence-electron chi connectivity index (χ2n) is 8.88. The number of anilines is 1. The lowest BCUT2D eigenvalue weighted by Crippen LogP contribution is -2.49. The third-order valence-corrected chi connectivity index (χ3v) is 6.68. The Morgan fingerprint density at radius 1 is 1.06 bits per heavy atom. The van der Waals surface area contributed by atoms with Crippen molar-refractivity contribution in [3.8, 4) is 0 Å². The van der Waals surface area contributed by atoms with Gasteiger partial charge in [0.05, 0.1) is 12.0 Å². The molecule has 0 saturated carbocycles. The van der Waals surface area contributed by atoms with E-state index in [1.165, 1.54) is 12.4 Å². The van der Waals surface area contributed by atoms with Gasteiger partial charge in [-0.05, 0) is 35.9 Å². The molecule has 0 aliphatic carbocycles. The first-order valence-electron chi connectivity index (χ1n) is 11.6. The molecule has 4 aromatic rings. The number of amides is 1. The zero-order valence-corrected chi connectivity index (χ0v) is 19.2. The highest BCUT2D eigenvalue weighted by Gasteiger charge is 2.38. The second kappa shape index (κ2) is 9.83. The predicted molar refractivity (Wildman–Crippen MR) is 131 cm³/mol. The van der Waals surface area contributed by atoms with Crippen molar-refractivity contribution in [2.45, 2.75) is 31.0 Å². The number of likely N-dealkylation sites (tertiary alicyclic amines) is 1. The van der Waals surface area contributed by atoms with E-state index in [4.69, 9.17) is 5.21 Å². The zero-order chi connectivity index (χ0) is 24.3. The summed E-state index contributed by atoms with van der Waals surface area (Å²) in [4.78, 5) is 27.0. The largest absolute Gasteiger partial charge is 0.372 e. The monoisotopic (exact) mass is 472 g/mol. The summed E-state index contributed by atoms with van der Waals surface area (Å²) in [5.41, 5.74) is 4.75. The molecule has 3 heterocycles. The molecule has 0 radical (unpaired) electrons. The summed E-state index contributed by atoms with van der Waals surface area (Å²) >= 11 is 0. The van der Waals surface area contributed by atoms with Crippen molar-refractivity contribution in [3.63, 3.8) is 0 Å². The summed E-state index contributed by atoms with van der Waals surface area (Å²) < 4.78 is 0. The molecule has 1 unspecified atom stereocenters. The molecule has 35 heavy (non-hydrogen) atoms. The van der Waals surface area contributed by atoms with Crippen LogP contribution in [0.5, 0.6) is 0 Å². The van der Waals surface area contributed by atoms with Gasteiger partial charge in [0.25, 0.3) is 0 Å². The fraction of sp³-hybridized carbons (Fsp3) is 0.269. The number of rotatable bonds is 7. The van der Waals surface area contributed by atoms with E-state index in [0.29, 0.717) is 43.9 Å². The summed E-state index contributed by atoms with van der Waals surface area (Å²) in [6.07, 6.45) is 3.40. The van der Waals surface area contributed by atoms with E-state index >= 15 is 0 Å². The molecule has 1 atom stereocenters. The molecule has 2 aromatic carbocycles. The normalized spacial score (nSPS) is 16.2. The second-order valence-corrected chi connectivity index (χ2v) is 8.88. The van der Waals surface area contributed by atoms with Crippen molar-refractivity contribution in [2.75, 3.05) is 18.4 Å². The third-order valence-electron chi connectivity index (χ3n) is 6.68. The maximum Gasteiger partial charge on any atom is 0.228 e. The Hall–Kier alpha value is -3.79. The highest BCUT2D eigenvalue weighted by Crippen LogP contribution is 2.36. The average Bonchev–Trinajstić information content (AvgIpc) is 3.32. The lowest BCUT2D eigenvalue weighted by atomic mass is 9.80. The Morgan fingerprint density at radius 2 is 1.74 bits per heavy atom. The van der Waals surface area contributed by atoms with Crippen molar-refractivity contribution in [1.29, 1.82) is 0 Å². The highest BCUT2D eigenvalue weighted by molar-refractivity contribution is 5.84. The maximum absolute atomic E-state index is 13.1. The Labute approximate surface area is 202 Å². The third kappa shape index (κ3) is 4.88. The van der Waals surface area contributed by atoms with Gasteiger partial charge in [-0.1, -0.05) is 48.5 Å². The first-order valence-corrected chi connectivity index (χ1v) is 11.6. The van der Waals surface area contributed by atoms with Gasteiger partial charge in [-0.3, -0.25) is 4.79 Å². The van der Waals surface area contributed by atoms with E-state index in [1.54, 1.807) is 5.48 Å². The number of benzene rings is 2. The van der Waals surface area contributed by atoms with E-state index in [2.05, 4.69) is 32.4 Å². The first kappa shape index (κ1) is 23.0. The molecule has 0 bridgehead atoms. The Balaban J connectivity index is 1.30. The number of piperidine rings is 1. The van der Waals surface area contributed by atoms with Crippen LogP contribution in [0.2, 0.25) is 0 Å². The molecule has 5 rings (SSSR count). The molecule has 1 amide bonds. The summed E-state index contributed by atoms with van der Waals surface area (Å²) in [6, 6.07) is 20.2. The molecular formula is C26H28N6O3. The van der Waals surface area contributed by atoms with Crippen LogP contribution in [0.15, 0.2) is 73.1 Å². The summed E-state index contributed by atoms with van der Waals surface area (Å²) in [7, 11) is 0. The SMILES string of the molecule is O=C(Cc1cc2ccccc2[nH]1)N1CCC(Nc2ncc(C(O)NO)cn2)(c2ccccc2)CC1. The van der Waals surface area contributed by atoms with Crippen molar-refractivity contribution < 1.29 is 15.1 Å². The Bertz CT molecular complexity index is 1250. The van der Waals surface area contributed by atoms with Gasteiger partial charge in [0.1, 0.15) is 0 Å². The molecule has 1 aliphatic heterocycles. The minimum absolute atomic E-state index is 0.101. The van der Waals surface area contributed by atoms with Crippen LogP contribution in [0.3, 0.4) is 0 Å². The molecule has 2 aromatic heterocycles. The van der Waals surface area contributed by atoms with Crippen LogP contribution in [0.1, 0.15) is 35.9 Å². The van der Waals surface area contributed by atoms with E-state index in [1.807, 2.05) is 53.4 Å². The van der Waals surface area contributed by atoms with Gasteiger partial charge in [0, 0.05) is 42.3 Å². The summed E-state index contributed by atoms with van der Waals surface area (Å²) in [6.45, 7) is 1.21. The van der Waals surface area contributed by atoms with Gasteiger partial charge < -0.3 is 25.5 Å². The van der Waals surface area contributed by atoms with E-state index in [0.717, 1.165) is 22.2 Å². The smallest absolute Gasteiger partial charge is 0.228 e. The number of hydroxylamine groups is 1. The van der Waals surface area contributed by atoms with Crippen LogP contribution in [0.25, 0.3) is 10.9 Å². The van der Waals surface area contributed by atoms with Gasteiger partial charge in [-0.2, -0.15) is 5.48 Å². The van der Waals surface area contributed by atoms with Crippen molar-refractivity contribution in [3.05, 3.63) is 89.9 Å². The maximum atomic E-state index is 13.1. The van der Waals surface area contributed by atoms with E-state index in [9.17, 15) is 9.90 Å². The molecular weight excluding hydrogens is 444 g/mol. The minimum Gasteiger partial charge on any atom is -0.372 e. The predicted octanol–water partition coefficient (Wildman–Crippen LogP) is 3.10. The van der Waals surface area contributed by atoms with Gasteiger partial charge in [0.2, 0.25) is 11.9 Å². The number of nitrogens with one attached hydrogen (secondary N) is 3. The van der Waals surface area contributed by atoms with Crippen LogP contribution in [0, 0.1) is 0 Å². The molecule has 180 valence electrons. The lowest BCUT2D eigenvalue weighted by Gasteiger charge is -2.43. The number of fused-ring (bicyclic) bond motifs is 1. The Morgan fingerprint density at radius 3 is 2.43 bits per heavy atom. The van der Waals surface area contributed by atoms with Crippen LogP contribution in [0.4, 0.5) is 5.95 Å². The van der Waals surface area contributed by atoms with Crippen LogP contribution in [-0.4, -0.2) is 49.2 Å². The number of para-hydroxylation sites is 1. The van der Waals surface area contributed by atoms with Crippen molar-refractivity contribution in [2.24, 2.45) is 0 Å². The number of carbonyl (C=O) groups excluding carboxylic acids is 1. The molecule has 5 N–H and O–H groups in total. The number of aliphatic hydroxyl groups excluding tert-OH is 1.